The summed E-state index contributed by atoms with van der Waals surface area (Å²) >= 11 is 0. The van der Waals surface area contributed by atoms with Crippen LogP contribution in [-0.2, 0) is 14.3 Å². The first kappa shape index (κ1) is 29.3. The van der Waals surface area contributed by atoms with Crippen molar-refractivity contribution in [3.63, 3.8) is 0 Å². The Morgan fingerprint density at radius 1 is 0.875 bits per heavy atom. The molecule has 0 aromatic rings. The number of nitrogens with zero attached hydrogens (tertiary/aromatic N) is 2. The molecule has 2 amide bonds. The van der Waals surface area contributed by atoms with E-state index in [1.54, 1.807) is 9.80 Å². The Morgan fingerprint density at radius 3 is 1.50 bits per heavy atom. The van der Waals surface area contributed by atoms with Gasteiger partial charge in [0.15, 0.2) is 0 Å². The maximum absolute atomic E-state index is 11.6. The number of aliphatic hydroxyl groups excluding tert-OH is 1. The zero-order valence-corrected chi connectivity index (χ0v) is 22.7. The van der Waals surface area contributed by atoms with E-state index in [4.69, 9.17) is 9.47 Å². The Labute approximate surface area is 217 Å². The van der Waals surface area contributed by atoms with Crippen molar-refractivity contribution < 1.29 is 59.9 Å². The van der Waals surface area contributed by atoms with Gasteiger partial charge in [-0.05, 0) is 54.4 Å². The second kappa shape index (κ2) is 9.84. The minimum atomic E-state index is -0.435. The van der Waals surface area contributed by atoms with Gasteiger partial charge in [0.05, 0.1) is 6.10 Å². The van der Waals surface area contributed by atoms with Gasteiger partial charge in [0, 0.05) is 58.3 Å². The molecule has 175 valence electrons. The van der Waals surface area contributed by atoms with E-state index in [0.29, 0.717) is 31.7 Å². The fraction of sp³-hybridized carbons (Fsp3) is 0.864. The largest absolute Gasteiger partial charge is 1.00 e. The van der Waals surface area contributed by atoms with Crippen LogP contribution in [0.1, 0.15) is 68.7 Å². The third-order valence-electron chi connectivity index (χ3n) is 5.89. The molecule has 4 fully saturated rings. The van der Waals surface area contributed by atoms with Gasteiger partial charge in [0.25, 0.3) is 0 Å². The van der Waals surface area contributed by atoms with Crippen molar-refractivity contribution in [3.05, 3.63) is 0 Å². The Kier molecular flexibility index (Phi) is 9.00. The van der Waals surface area contributed by atoms with Gasteiger partial charge in [0.2, 0.25) is 0 Å². The third kappa shape index (κ3) is 7.11. The van der Waals surface area contributed by atoms with Crippen LogP contribution in [0.5, 0.6) is 0 Å². The van der Waals surface area contributed by atoms with E-state index in [0.717, 1.165) is 25.9 Å². The molecule has 4 aliphatic rings. The molecule has 8 nitrogen and oxygen atoms in total. The van der Waals surface area contributed by atoms with Crippen molar-refractivity contribution in [2.75, 3.05) is 26.2 Å². The molecule has 2 spiro atoms. The first-order chi connectivity index (χ1) is 13.6. The van der Waals surface area contributed by atoms with E-state index in [2.05, 4.69) is 0 Å². The van der Waals surface area contributed by atoms with Gasteiger partial charge in [-0.3, -0.25) is 4.79 Å². The second-order valence-electron chi connectivity index (χ2n) is 11.6. The number of amides is 2. The Morgan fingerprint density at radius 2 is 1.22 bits per heavy atom. The number of Topliss-reactive ketones (excluding diaryl/α,β-unsaturated/α-hetero) is 1. The average molecular weight is 459 g/mol. The summed E-state index contributed by atoms with van der Waals surface area (Å²) in [5, 5.41) is 9.23. The number of carbonyl (C=O) groups is 3. The van der Waals surface area contributed by atoms with Gasteiger partial charge in [-0.1, -0.05) is 0 Å². The first-order valence-corrected chi connectivity index (χ1v) is 10.8. The molecule has 0 unspecified atom stereocenters. The Bertz CT molecular complexity index is 709. The minimum absolute atomic E-state index is 0. The van der Waals surface area contributed by atoms with Crippen molar-refractivity contribution >= 4 is 26.4 Å². The number of hydrogen-bond donors (Lipinski definition) is 1. The average Bonchev–Trinajstić information content (AvgIpc) is 2.40. The molecule has 1 N–H and O–H groups in total. The van der Waals surface area contributed by atoms with Crippen LogP contribution in [0.3, 0.4) is 0 Å². The topological polar surface area (TPSA) is 96.4 Å². The van der Waals surface area contributed by atoms with Gasteiger partial charge in [-0.15, -0.1) is 0 Å². The van der Waals surface area contributed by atoms with Gasteiger partial charge in [-0.25, -0.2) is 9.59 Å². The summed E-state index contributed by atoms with van der Waals surface area (Å²) in [4.78, 5) is 37.4. The first-order valence-electron chi connectivity index (χ1n) is 10.8. The van der Waals surface area contributed by atoms with Crippen LogP contribution in [0.15, 0.2) is 0 Å². The fourth-order valence-electron chi connectivity index (χ4n) is 4.64. The molecule has 0 aromatic heterocycles. The zero-order valence-electron chi connectivity index (χ0n) is 21.7. The molecule has 2 saturated carbocycles. The Hall–Kier alpha value is -0.765. The molecule has 0 atom stereocenters. The van der Waals surface area contributed by atoms with E-state index in [1.165, 1.54) is 0 Å². The quantitative estimate of drug-likeness (QED) is 0.500. The predicted molar refractivity (Wildman–Crippen MR) is 117 cm³/mol. The maximum atomic E-state index is 11.6. The summed E-state index contributed by atoms with van der Waals surface area (Å²) in [6.45, 7) is 14.0. The summed E-state index contributed by atoms with van der Waals surface area (Å²) < 4.78 is 10.5. The van der Waals surface area contributed by atoms with Crippen LogP contribution in [0.4, 0.5) is 9.59 Å². The summed E-state index contributed by atoms with van der Waals surface area (Å²) in [6, 6.07) is 0. The molecule has 32 heavy (non-hydrogen) atoms. The number of carbonyl (C=O) groups excluding carboxylic acids is 3. The van der Waals surface area contributed by atoms with Crippen LogP contribution in [0, 0.1) is 10.8 Å². The van der Waals surface area contributed by atoms with Gasteiger partial charge >= 0.3 is 41.7 Å². The normalized spacial score (nSPS) is 22.5. The van der Waals surface area contributed by atoms with E-state index in [-0.39, 0.29) is 68.5 Å². The van der Waals surface area contributed by atoms with Gasteiger partial charge in [-0.2, -0.15) is 0 Å². The number of likely N-dealkylation sites (tertiary alicyclic amines) is 2. The molecule has 4 rings (SSSR count). The molecule has 0 aromatic carbocycles. The van der Waals surface area contributed by atoms with Gasteiger partial charge in [0.1, 0.15) is 17.0 Å². The molecule has 0 bridgehead atoms. The maximum Gasteiger partial charge on any atom is 1.00 e. The third-order valence-corrected chi connectivity index (χ3v) is 5.89. The van der Waals surface area contributed by atoms with Crippen LogP contribution >= 0.6 is 0 Å². The zero-order chi connectivity index (χ0) is 22.5. The Balaban J connectivity index is 0.000000569. The van der Waals surface area contributed by atoms with E-state index < -0.39 is 11.2 Å². The number of ether oxygens (including phenoxy) is 2. The minimum Gasteiger partial charge on any atom is -1.00 e. The fourth-order valence-corrected chi connectivity index (χ4v) is 4.64. The molecule has 2 aliphatic heterocycles. The van der Waals surface area contributed by atoms with Crippen molar-refractivity contribution in [3.8, 4) is 0 Å². The number of hydrogen-bond acceptors (Lipinski definition) is 6. The van der Waals surface area contributed by atoms with E-state index in [1.807, 2.05) is 41.5 Å². The molecule has 3 radical (unpaired) electrons. The van der Waals surface area contributed by atoms with Crippen LogP contribution in [-0.4, -0.2) is 84.8 Å². The monoisotopic (exact) mass is 459 g/mol. The van der Waals surface area contributed by atoms with Crippen LogP contribution < -0.4 is 29.6 Å². The standard InChI is InChI=1S/C11H19NO3.C11H17NO3.B.Na.H/c2*1-10(2,3)15-9(14)12-6-11(7-12)4-8(13)5-11;;;/h8,13H,4-7H2,1-3H3;4-7H2,1-3H3;;;/q;;;+1;-1. The van der Waals surface area contributed by atoms with E-state index >= 15 is 0 Å². The number of aliphatic hydroxyl groups is 1. The van der Waals surface area contributed by atoms with E-state index in [9.17, 15) is 19.5 Å². The van der Waals surface area contributed by atoms with Crippen molar-refractivity contribution in [1.82, 2.24) is 9.80 Å². The summed E-state index contributed by atoms with van der Waals surface area (Å²) in [5.41, 5.74) is -0.515. The van der Waals surface area contributed by atoms with Crippen molar-refractivity contribution in [2.45, 2.75) is 84.5 Å². The molecule has 2 saturated heterocycles. The number of rotatable bonds is 0. The van der Waals surface area contributed by atoms with Crippen LogP contribution in [0.2, 0.25) is 0 Å². The van der Waals surface area contributed by atoms with Crippen LogP contribution in [0.25, 0.3) is 0 Å². The summed E-state index contributed by atoms with van der Waals surface area (Å²) in [6.07, 6.45) is 2.34. The molecular formula is C22H37BN2NaO6. The van der Waals surface area contributed by atoms with Gasteiger partial charge < -0.3 is 25.8 Å². The molecular weight excluding hydrogens is 422 g/mol. The second-order valence-corrected chi connectivity index (χ2v) is 11.6. The SMILES string of the molecule is CC(C)(C)OC(=O)N1CC2(CC(=O)C2)C1.CC(C)(C)OC(=O)N1CC2(CC(O)C2)C1.[B].[H-].[Na+]. The summed E-state index contributed by atoms with van der Waals surface area (Å²) in [5.74, 6) is 0.318. The van der Waals surface area contributed by atoms with Crippen molar-refractivity contribution in [1.29, 1.82) is 0 Å². The summed E-state index contributed by atoms with van der Waals surface area (Å²) in [7, 11) is 0. The molecule has 2 heterocycles. The molecule has 2 aliphatic carbocycles. The van der Waals surface area contributed by atoms with Crippen molar-refractivity contribution in [2.24, 2.45) is 10.8 Å². The molecule has 10 heteroatoms. The number of ketones is 1. The smallest absolute Gasteiger partial charge is 1.00 e. The predicted octanol–water partition coefficient (Wildman–Crippen LogP) is -0.300.